The van der Waals surface area contributed by atoms with Gasteiger partial charge < -0.3 is 13.9 Å². The van der Waals surface area contributed by atoms with Crippen molar-refractivity contribution >= 4 is 17.2 Å². The average Bonchev–Trinajstić information content (AvgIpc) is 2.89. The van der Waals surface area contributed by atoms with Gasteiger partial charge in [0.1, 0.15) is 37.1 Å². The van der Waals surface area contributed by atoms with Crippen LogP contribution in [-0.2, 0) is 9.47 Å². The molecule has 1 aromatic heterocycles. The van der Waals surface area contributed by atoms with Crippen LogP contribution in [0.2, 0.25) is 0 Å². The molecule has 152 valence electrons. The van der Waals surface area contributed by atoms with Crippen LogP contribution >= 0.6 is 0 Å². The first-order valence-corrected chi connectivity index (χ1v) is 10.1. The molecule has 4 nitrogen and oxygen atoms in total. The molecule has 0 radical (unpaired) electrons. The highest BCUT2D eigenvalue weighted by molar-refractivity contribution is 6.02. The van der Waals surface area contributed by atoms with Gasteiger partial charge in [-0.15, -0.1) is 0 Å². The summed E-state index contributed by atoms with van der Waals surface area (Å²) in [6.07, 6.45) is 16.8. The predicted octanol–water partition coefficient (Wildman–Crippen LogP) is 5.36. The summed E-state index contributed by atoms with van der Waals surface area (Å²) >= 11 is 0. The Morgan fingerprint density at radius 2 is 1.28 bits per heavy atom. The maximum Gasteiger partial charge on any atom is 0.199 e. The van der Waals surface area contributed by atoms with Gasteiger partial charge in [-0.25, -0.2) is 4.58 Å². The molecule has 0 fully saturated rings. The molecule has 29 heavy (non-hydrogen) atoms. The summed E-state index contributed by atoms with van der Waals surface area (Å²) in [6.45, 7) is 9.09. The Morgan fingerprint density at radius 3 is 1.72 bits per heavy atom. The van der Waals surface area contributed by atoms with Crippen molar-refractivity contribution in [2.24, 2.45) is 0 Å². The van der Waals surface area contributed by atoms with Crippen LogP contribution in [0, 0.1) is 13.8 Å². The lowest BCUT2D eigenvalue weighted by Gasteiger charge is -2.10. The number of rotatable bonds is 5. The first-order chi connectivity index (χ1) is 13.9. The third-order valence-electron chi connectivity index (χ3n) is 4.83. The van der Waals surface area contributed by atoms with Crippen LogP contribution in [0.25, 0.3) is 11.5 Å². The van der Waals surface area contributed by atoms with E-state index < -0.39 is 0 Å². The molecule has 2 aliphatic rings. The van der Waals surface area contributed by atoms with E-state index in [0.717, 1.165) is 45.3 Å². The Hall–Kier alpha value is -3.01. The van der Waals surface area contributed by atoms with E-state index in [2.05, 4.69) is 53.2 Å². The summed E-state index contributed by atoms with van der Waals surface area (Å²) < 4.78 is 20.0. The van der Waals surface area contributed by atoms with Gasteiger partial charge in [0.2, 0.25) is 0 Å². The molecule has 0 spiro atoms. The molecular weight excluding hydrogens is 362 g/mol. The highest BCUT2D eigenvalue weighted by Crippen LogP contribution is 2.38. The average molecular weight is 393 g/mol. The van der Waals surface area contributed by atoms with Gasteiger partial charge in [-0.3, -0.25) is 0 Å². The normalized spacial score (nSPS) is 15.4. The number of hydrogen-bond donors (Lipinski definition) is 0. The summed E-state index contributed by atoms with van der Waals surface area (Å²) in [6, 6.07) is 0. The van der Waals surface area contributed by atoms with Crippen molar-refractivity contribution in [1.82, 2.24) is 0 Å². The van der Waals surface area contributed by atoms with E-state index >= 15 is 0 Å². The van der Waals surface area contributed by atoms with Crippen molar-refractivity contribution in [3.05, 3.63) is 82.4 Å². The number of nitrogens with zero attached hydrogens (tertiary/aromatic N) is 1. The Kier molecular flexibility index (Phi) is 6.42. The monoisotopic (exact) mass is 392 g/mol. The maximum atomic E-state index is 5.99. The summed E-state index contributed by atoms with van der Waals surface area (Å²) in [5, 5.41) is 0. The van der Waals surface area contributed by atoms with Crippen LogP contribution in [0.3, 0.4) is 0 Å². The van der Waals surface area contributed by atoms with E-state index in [9.17, 15) is 0 Å². The molecule has 0 bridgehead atoms. The van der Waals surface area contributed by atoms with Gasteiger partial charge in [0.05, 0.1) is 24.3 Å². The van der Waals surface area contributed by atoms with E-state index in [1.54, 1.807) is 0 Å². The molecule has 0 amide bonds. The third-order valence-corrected chi connectivity index (χ3v) is 4.83. The third kappa shape index (κ3) is 4.53. The van der Waals surface area contributed by atoms with Crippen molar-refractivity contribution in [3.8, 4) is 0 Å². The van der Waals surface area contributed by atoms with Crippen molar-refractivity contribution < 1.29 is 18.5 Å². The van der Waals surface area contributed by atoms with Gasteiger partial charge in [-0.1, -0.05) is 12.2 Å². The lowest BCUT2D eigenvalue weighted by Crippen LogP contribution is -2.09. The van der Waals surface area contributed by atoms with Gasteiger partial charge in [0.15, 0.2) is 5.71 Å². The van der Waals surface area contributed by atoms with E-state index in [1.807, 2.05) is 41.8 Å². The molecule has 4 heteroatoms. The van der Waals surface area contributed by atoms with Crippen molar-refractivity contribution in [1.29, 1.82) is 0 Å². The molecule has 0 atom stereocenters. The Balaban J connectivity index is 2.06. The van der Waals surface area contributed by atoms with Crippen LogP contribution < -0.4 is 0 Å². The predicted molar refractivity (Wildman–Crippen MR) is 119 cm³/mol. The number of ether oxygens (including phenoxy) is 2. The van der Waals surface area contributed by atoms with Gasteiger partial charge in [-0.2, -0.15) is 0 Å². The van der Waals surface area contributed by atoms with E-state index in [0.29, 0.717) is 13.2 Å². The lowest BCUT2D eigenvalue weighted by molar-refractivity contribution is -0.462. The maximum absolute atomic E-state index is 5.99. The number of allylic oxidation sites excluding steroid dienone is 10. The second-order valence-corrected chi connectivity index (χ2v) is 7.17. The summed E-state index contributed by atoms with van der Waals surface area (Å²) in [7, 11) is 4.08. The van der Waals surface area contributed by atoms with Gasteiger partial charge >= 0.3 is 0 Å². The van der Waals surface area contributed by atoms with Crippen LogP contribution in [0.1, 0.15) is 36.5 Å². The fourth-order valence-corrected chi connectivity index (χ4v) is 3.48. The second kappa shape index (κ2) is 8.99. The highest BCUT2D eigenvalue weighted by Gasteiger charge is 2.26. The quantitative estimate of drug-likeness (QED) is 0.633. The fourth-order valence-electron chi connectivity index (χ4n) is 3.48. The number of aryl methyl sites for hydroxylation is 2. The number of fused-ring (bicyclic) bond motifs is 1. The standard InChI is InChI=1S/C25H30NO3/c1-7-27-22-15-20(10-9-19-11-13-21(14-12-19)26(5)6)16-23(28-8-2)25-18(4)29-17(3)24(22)25/h9-16H,7-8H2,1-6H3/q+1. The number of hydrogen-bond acceptors (Lipinski definition) is 3. The Labute approximate surface area is 173 Å². The second-order valence-electron chi connectivity index (χ2n) is 7.17. The molecule has 1 heterocycles. The number of furan rings is 1. The minimum absolute atomic E-state index is 0.585. The highest BCUT2D eigenvalue weighted by atomic mass is 16.5. The minimum Gasteiger partial charge on any atom is -0.493 e. The zero-order valence-corrected chi connectivity index (χ0v) is 18.2. The van der Waals surface area contributed by atoms with Crippen LogP contribution in [0.4, 0.5) is 0 Å². The van der Waals surface area contributed by atoms with Crippen LogP contribution in [0.15, 0.2) is 64.2 Å². The summed E-state index contributed by atoms with van der Waals surface area (Å²) in [5.74, 6) is 3.30. The zero-order valence-electron chi connectivity index (χ0n) is 18.2. The van der Waals surface area contributed by atoms with Gasteiger partial charge in [-0.05, 0) is 63.1 Å². The van der Waals surface area contributed by atoms with Gasteiger partial charge in [0, 0.05) is 12.2 Å². The molecular formula is C25H30NO3+. The molecule has 0 aliphatic heterocycles. The van der Waals surface area contributed by atoms with Gasteiger partial charge in [0.25, 0.3) is 0 Å². The largest absolute Gasteiger partial charge is 0.493 e. The first-order valence-electron chi connectivity index (χ1n) is 10.1. The summed E-state index contributed by atoms with van der Waals surface area (Å²) in [5.41, 5.74) is 5.28. The van der Waals surface area contributed by atoms with Crippen molar-refractivity contribution in [3.63, 3.8) is 0 Å². The molecule has 0 unspecified atom stereocenters. The smallest absolute Gasteiger partial charge is 0.199 e. The van der Waals surface area contributed by atoms with E-state index in [4.69, 9.17) is 13.9 Å². The fraction of sp³-hybridized carbons (Fsp3) is 0.320. The zero-order chi connectivity index (χ0) is 21.0. The summed E-state index contributed by atoms with van der Waals surface area (Å²) in [4.78, 5) is 0. The van der Waals surface area contributed by atoms with Crippen LogP contribution in [0.5, 0.6) is 0 Å². The topological polar surface area (TPSA) is 34.6 Å². The van der Waals surface area contributed by atoms with Crippen molar-refractivity contribution in [2.45, 2.75) is 27.7 Å². The molecule has 0 aromatic carbocycles. The lowest BCUT2D eigenvalue weighted by atomic mass is 10.1. The SMILES string of the molecule is CCOC1=CC(=CC=C2C=CC(=[N+](C)C)C=C2)C=C(OCC)c2c(C)oc(C)c21. The van der Waals surface area contributed by atoms with Crippen molar-refractivity contribution in [2.75, 3.05) is 27.3 Å². The molecule has 2 aliphatic carbocycles. The Morgan fingerprint density at radius 1 is 0.793 bits per heavy atom. The first kappa shape index (κ1) is 20.7. The molecule has 1 aromatic rings. The van der Waals surface area contributed by atoms with E-state index in [1.165, 1.54) is 5.71 Å². The van der Waals surface area contributed by atoms with E-state index in [-0.39, 0.29) is 0 Å². The molecule has 3 rings (SSSR count). The molecule has 0 saturated carbocycles. The molecule has 0 N–H and O–H groups in total. The van der Waals surface area contributed by atoms with Crippen LogP contribution in [-0.4, -0.2) is 37.6 Å². The Bertz CT molecular complexity index is 939. The molecule has 0 saturated heterocycles. The minimum atomic E-state index is 0.585.